The zero-order valence-corrected chi connectivity index (χ0v) is 22.0. The second kappa shape index (κ2) is 11.9. The van der Waals surface area contributed by atoms with Crippen molar-refractivity contribution in [2.24, 2.45) is 10.2 Å². The summed E-state index contributed by atoms with van der Waals surface area (Å²) in [5.74, 6) is 1.27. The van der Waals surface area contributed by atoms with Crippen LogP contribution in [0.2, 0.25) is 0 Å². The first-order valence-electron chi connectivity index (χ1n) is 11.7. The number of allylic oxidation sites excluding steroid dienone is 2. The number of methoxy groups -OCH3 is 2. The number of ether oxygens (including phenoxy) is 2. The quantitative estimate of drug-likeness (QED) is 0.224. The Balaban J connectivity index is 0.00000361. The number of nitrogens with zero attached hydrogens (tertiary/aromatic N) is 3. The van der Waals surface area contributed by atoms with Crippen LogP contribution in [0.5, 0.6) is 11.5 Å². The summed E-state index contributed by atoms with van der Waals surface area (Å²) < 4.78 is 11.2. The Bertz CT molecular complexity index is 1260. The summed E-state index contributed by atoms with van der Waals surface area (Å²) in [6.45, 7) is 5.13. The van der Waals surface area contributed by atoms with Crippen molar-refractivity contribution >= 4 is 17.8 Å². The fourth-order valence-corrected chi connectivity index (χ4v) is 4.74. The summed E-state index contributed by atoms with van der Waals surface area (Å²) in [5.41, 5.74) is 4.84. The van der Waals surface area contributed by atoms with Gasteiger partial charge in [0.25, 0.3) is 0 Å². The van der Waals surface area contributed by atoms with E-state index in [1.54, 1.807) is 32.6 Å². The van der Waals surface area contributed by atoms with Crippen LogP contribution in [-0.4, -0.2) is 38.0 Å². The second-order valence-corrected chi connectivity index (χ2v) is 8.57. The van der Waals surface area contributed by atoms with Crippen LogP contribution in [0.15, 0.2) is 94.8 Å². The van der Waals surface area contributed by atoms with Crippen LogP contribution >= 0.6 is 0 Å². The van der Waals surface area contributed by atoms with Gasteiger partial charge in [0.15, 0.2) is 11.5 Å². The van der Waals surface area contributed by atoms with Crippen molar-refractivity contribution in [1.82, 2.24) is 0 Å². The topological polar surface area (TPSA) is 66.7 Å². The molecule has 36 heavy (non-hydrogen) atoms. The molecule has 7 heteroatoms. The van der Waals surface area contributed by atoms with E-state index in [-0.39, 0.29) is 28.1 Å². The van der Waals surface area contributed by atoms with Gasteiger partial charge in [-0.3, -0.25) is 0 Å². The molecule has 1 heterocycles. The summed E-state index contributed by atoms with van der Waals surface area (Å²) in [5, 5.41) is 18.4. The maximum absolute atomic E-state index is 10.2. The van der Waals surface area contributed by atoms with E-state index < -0.39 is 0 Å². The number of benzene rings is 3. The van der Waals surface area contributed by atoms with Gasteiger partial charge < -0.3 is 19.5 Å². The molecule has 1 aliphatic heterocycles. The van der Waals surface area contributed by atoms with Crippen molar-refractivity contribution in [2.45, 2.75) is 25.7 Å². The molecule has 0 spiro atoms. The number of fused-ring (bicyclic) bond motifs is 1. The minimum Gasteiger partial charge on any atom is -0.493 e. The molecular weight excluding hydrogens is 497 g/mol. The summed E-state index contributed by atoms with van der Waals surface area (Å²) >= 11 is 0. The van der Waals surface area contributed by atoms with Crippen molar-refractivity contribution in [3.05, 3.63) is 101 Å². The molecule has 6 nitrogen and oxygen atoms in total. The molecule has 3 aromatic rings. The van der Waals surface area contributed by atoms with Gasteiger partial charge in [-0.2, -0.15) is 5.10 Å². The monoisotopic (exact) mass is 528 g/mol. The van der Waals surface area contributed by atoms with Crippen LogP contribution in [0.25, 0.3) is 0 Å². The molecule has 0 aliphatic carbocycles. The van der Waals surface area contributed by atoms with Crippen LogP contribution in [0.4, 0.5) is 5.69 Å². The number of anilines is 1. The SMILES string of the molecule is CCN1\C(=C/C=N/N=C(\O)c2ccccc2)C(C)(Cc2ccccc2)c2cc(OC)c(OC)cc21.[Co]. The number of rotatable bonds is 8. The van der Waals surface area contributed by atoms with Crippen molar-refractivity contribution in [2.75, 3.05) is 25.7 Å². The molecule has 1 aliphatic rings. The Kier molecular flexibility index (Phi) is 8.96. The number of likely N-dealkylation sites (N-methyl/N-ethyl adjacent to an activating group) is 1. The van der Waals surface area contributed by atoms with Gasteiger partial charge in [-0.25, -0.2) is 0 Å². The van der Waals surface area contributed by atoms with Crippen LogP contribution in [-0.2, 0) is 28.6 Å². The third-order valence-corrected chi connectivity index (χ3v) is 6.44. The van der Waals surface area contributed by atoms with Crippen molar-refractivity contribution in [3.8, 4) is 11.5 Å². The number of hydrogen-bond donors (Lipinski definition) is 1. The second-order valence-electron chi connectivity index (χ2n) is 8.57. The average Bonchev–Trinajstić information content (AvgIpc) is 3.12. The van der Waals surface area contributed by atoms with E-state index in [9.17, 15) is 5.11 Å². The van der Waals surface area contributed by atoms with E-state index in [0.717, 1.165) is 29.9 Å². The number of aliphatic hydroxyl groups excluding tert-OH is 1. The first kappa shape index (κ1) is 27.0. The molecule has 0 aromatic heterocycles. The molecule has 1 unspecified atom stereocenters. The molecule has 1 radical (unpaired) electrons. The average molecular weight is 529 g/mol. The molecule has 0 bridgehead atoms. The molecule has 0 saturated heterocycles. The van der Waals surface area contributed by atoms with E-state index in [0.29, 0.717) is 17.1 Å². The minimum atomic E-state index is -0.344. The third kappa shape index (κ3) is 5.32. The number of aliphatic hydroxyl groups is 1. The standard InChI is InChI=1S/C29H31N3O3.Co/c1-5-32-24-19-26(35-4)25(34-3)18-23(24)29(2,20-21-12-8-6-9-13-21)27(32)16-17-30-31-28(33)22-14-10-7-11-15-22;/h6-19H,5,20H2,1-4H3,(H,31,33);/b27-16-,30-17+;. The fraction of sp³-hybridized carbons (Fsp3) is 0.241. The molecule has 0 fully saturated rings. The van der Waals surface area contributed by atoms with Gasteiger partial charge in [0.1, 0.15) is 0 Å². The predicted molar refractivity (Wildman–Crippen MR) is 142 cm³/mol. The summed E-state index contributed by atoms with van der Waals surface area (Å²) in [6, 6.07) is 23.7. The van der Waals surface area contributed by atoms with Crippen LogP contribution in [0.1, 0.15) is 30.5 Å². The van der Waals surface area contributed by atoms with Crippen LogP contribution in [0.3, 0.4) is 0 Å². The first-order valence-corrected chi connectivity index (χ1v) is 11.7. The third-order valence-electron chi connectivity index (χ3n) is 6.44. The van der Waals surface area contributed by atoms with Gasteiger partial charge in [0.05, 0.1) is 20.4 Å². The zero-order valence-electron chi connectivity index (χ0n) is 20.9. The maximum Gasteiger partial charge on any atom is 0.238 e. The van der Waals surface area contributed by atoms with Gasteiger partial charge in [0.2, 0.25) is 5.90 Å². The fourth-order valence-electron chi connectivity index (χ4n) is 4.74. The van der Waals surface area contributed by atoms with Gasteiger partial charge in [-0.15, -0.1) is 5.10 Å². The molecule has 1 N–H and O–H groups in total. The Morgan fingerprint density at radius 2 is 1.58 bits per heavy atom. The molecule has 1 atom stereocenters. The van der Waals surface area contributed by atoms with Crippen molar-refractivity contribution < 1.29 is 31.4 Å². The van der Waals surface area contributed by atoms with E-state index in [1.165, 1.54) is 5.56 Å². The van der Waals surface area contributed by atoms with Crippen LogP contribution < -0.4 is 14.4 Å². The molecule has 0 saturated carbocycles. The largest absolute Gasteiger partial charge is 0.493 e. The molecule has 4 rings (SSSR count). The Morgan fingerprint density at radius 3 is 2.19 bits per heavy atom. The molecule has 189 valence electrons. The van der Waals surface area contributed by atoms with Crippen LogP contribution in [0, 0.1) is 0 Å². The maximum atomic E-state index is 10.2. The molecule has 0 amide bonds. The molecule has 3 aromatic carbocycles. The Hall–Kier alpha value is -3.55. The van der Waals surface area contributed by atoms with E-state index >= 15 is 0 Å². The summed E-state index contributed by atoms with van der Waals surface area (Å²) in [6.07, 6.45) is 4.42. The van der Waals surface area contributed by atoms with Gasteiger partial charge in [-0.1, -0.05) is 48.5 Å². The normalized spacial score (nSPS) is 18.3. The first-order chi connectivity index (χ1) is 17.0. The van der Waals surface area contributed by atoms with Gasteiger partial charge in [-0.05, 0) is 55.7 Å². The summed E-state index contributed by atoms with van der Waals surface area (Å²) in [4.78, 5) is 2.27. The van der Waals surface area contributed by atoms with E-state index in [2.05, 4.69) is 59.3 Å². The smallest absolute Gasteiger partial charge is 0.238 e. The van der Waals surface area contributed by atoms with E-state index in [4.69, 9.17) is 9.47 Å². The van der Waals surface area contributed by atoms with Crippen molar-refractivity contribution in [1.29, 1.82) is 0 Å². The predicted octanol–water partition coefficient (Wildman–Crippen LogP) is 5.92. The Morgan fingerprint density at radius 1 is 0.972 bits per heavy atom. The van der Waals surface area contributed by atoms with E-state index in [1.807, 2.05) is 36.4 Å². The van der Waals surface area contributed by atoms with Crippen molar-refractivity contribution in [3.63, 3.8) is 0 Å². The zero-order chi connectivity index (χ0) is 24.8. The minimum absolute atomic E-state index is 0. The Labute approximate surface area is 223 Å². The number of hydrogen-bond acceptors (Lipinski definition) is 5. The molecular formula is C29H31CoN3O3. The van der Waals surface area contributed by atoms with Gasteiger partial charge >= 0.3 is 0 Å². The summed E-state index contributed by atoms with van der Waals surface area (Å²) in [7, 11) is 3.31. The van der Waals surface area contributed by atoms with Gasteiger partial charge in [0, 0.05) is 51.8 Å².